The minimum Gasteiger partial charge on any atom is -0.497 e. The lowest BCUT2D eigenvalue weighted by Gasteiger charge is -2.25. The van der Waals surface area contributed by atoms with Gasteiger partial charge in [-0.05, 0) is 79.8 Å². The van der Waals surface area contributed by atoms with Gasteiger partial charge in [0.25, 0.3) is 5.91 Å². The maximum absolute atomic E-state index is 13.4. The predicted molar refractivity (Wildman–Crippen MR) is 143 cm³/mol. The number of aromatic nitrogens is 1. The number of thioether (sulfide) groups is 1. The molecule has 5 nitrogen and oxygen atoms in total. The van der Waals surface area contributed by atoms with Gasteiger partial charge in [0, 0.05) is 35.5 Å². The number of amides is 1. The third-order valence-electron chi connectivity index (χ3n) is 5.66. The maximum atomic E-state index is 13.4. The first-order valence-corrected chi connectivity index (χ1v) is 13.2. The smallest absolute Gasteiger partial charge is 0.264 e. The van der Waals surface area contributed by atoms with E-state index >= 15 is 0 Å². The van der Waals surface area contributed by atoms with Crippen molar-refractivity contribution in [1.29, 1.82) is 0 Å². The highest BCUT2D eigenvalue weighted by Crippen LogP contribution is 2.30. The molecule has 0 radical (unpaired) electrons. The zero-order valence-electron chi connectivity index (χ0n) is 19.9. The van der Waals surface area contributed by atoms with E-state index in [1.807, 2.05) is 60.8 Å². The number of nitrogens with zero attached hydrogens (tertiary/aromatic N) is 3. The molecule has 0 aliphatic heterocycles. The van der Waals surface area contributed by atoms with Gasteiger partial charge in [-0.15, -0.1) is 23.1 Å². The third kappa shape index (κ3) is 5.60. The number of hydrogen-bond acceptors (Lipinski definition) is 6. The van der Waals surface area contributed by atoms with Gasteiger partial charge in [-0.3, -0.25) is 4.79 Å². The largest absolute Gasteiger partial charge is 0.497 e. The SMILES string of the molecule is COc1ccc(-c2nc3cc(SC)ccc3cc2CN(CCN(C)C)C(=O)c2cccs2)cc1. The standard InChI is InChI=1S/C27H29N3O2S2/c1-29(2)13-14-30(27(31)25-6-5-15-34-25)18-21-16-20-9-12-23(33-4)17-24(20)28-26(21)19-7-10-22(32-3)11-8-19/h5-12,15-17H,13-14,18H2,1-4H3. The van der Waals surface area contributed by atoms with Crippen LogP contribution < -0.4 is 4.74 Å². The zero-order valence-corrected chi connectivity index (χ0v) is 21.6. The van der Waals surface area contributed by atoms with Crippen LogP contribution >= 0.6 is 23.1 Å². The van der Waals surface area contributed by atoms with Crippen molar-refractivity contribution in [2.24, 2.45) is 0 Å². The van der Waals surface area contributed by atoms with E-state index in [2.05, 4.69) is 35.4 Å². The van der Waals surface area contributed by atoms with E-state index in [1.165, 1.54) is 16.2 Å². The van der Waals surface area contributed by atoms with Gasteiger partial charge in [-0.2, -0.15) is 0 Å². The van der Waals surface area contributed by atoms with Gasteiger partial charge >= 0.3 is 0 Å². The fourth-order valence-electron chi connectivity index (χ4n) is 3.77. The molecule has 4 rings (SSSR count). The molecule has 34 heavy (non-hydrogen) atoms. The summed E-state index contributed by atoms with van der Waals surface area (Å²) in [7, 11) is 5.71. The van der Waals surface area contributed by atoms with Crippen molar-refractivity contribution in [2.75, 3.05) is 40.6 Å². The molecule has 0 N–H and O–H groups in total. The Kier molecular flexibility index (Phi) is 7.88. The topological polar surface area (TPSA) is 45.7 Å². The number of carbonyl (C=O) groups excluding carboxylic acids is 1. The van der Waals surface area contributed by atoms with Crippen molar-refractivity contribution < 1.29 is 9.53 Å². The number of rotatable bonds is 9. The fraction of sp³-hybridized carbons (Fsp3) is 0.259. The van der Waals surface area contributed by atoms with Crippen LogP contribution in [0.4, 0.5) is 0 Å². The summed E-state index contributed by atoms with van der Waals surface area (Å²) in [5.41, 5.74) is 3.87. The summed E-state index contributed by atoms with van der Waals surface area (Å²) in [6.45, 7) is 1.90. The molecule has 0 spiro atoms. The van der Waals surface area contributed by atoms with E-state index in [0.717, 1.165) is 44.9 Å². The lowest BCUT2D eigenvalue weighted by molar-refractivity contribution is 0.0737. The second-order valence-electron chi connectivity index (χ2n) is 8.29. The number of fused-ring (bicyclic) bond motifs is 1. The van der Waals surface area contributed by atoms with Crippen molar-refractivity contribution in [3.63, 3.8) is 0 Å². The molecule has 0 aliphatic rings. The minimum atomic E-state index is 0.0513. The third-order valence-corrected chi connectivity index (χ3v) is 7.25. The first kappa shape index (κ1) is 24.3. The van der Waals surface area contributed by atoms with Crippen LogP contribution in [0.1, 0.15) is 15.2 Å². The molecule has 2 heterocycles. The minimum absolute atomic E-state index is 0.0513. The molecule has 7 heteroatoms. The molecule has 4 aromatic rings. The number of methoxy groups -OCH3 is 1. The molecule has 0 saturated carbocycles. The van der Waals surface area contributed by atoms with Crippen LogP contribution in [-0.2, 0) is 6.54 Å². The van der Waals surface area contributed by atoms with E-state index in [0.29, 0.717) is 13.1 Å². The monoisotopic (exact) mass is 491 g/mol. The fourth-order valence-corrected chi connectivity index (χ4v) is 4.90. The molecular formula is C27H29N3O2S2. The number of pyridine rings is 1. The summed E-state index contributed by atoms with van der Waals surface area (Å²) in [6.07, 6.45) is 2.07. The van der Waals surface area contributed by atoms with E-state index in [9.17, 15) is 4.79 Å². The lowest BCUT2D eigenvalue weighted by atomic mass is 10.0. The summed E-state index contributed by atoms with van der Waals surface area (Å²) in [5.74, 6) is 0.853. The van der Waals surface area contributed by atoms with Crippen LogP contribution in [-0.4, -0.2) is 61.2 Å². The van der Waals surface area contributed by atoms with Gasteiger partial charge in [0.15, 0.2) is 0 Å². The Labute approximate surface area is 209 Å². The molecule has 2 aromatic heterocycles. The average molecular weight is 492 g/mol. The molecular weight excluding hydrogens is 462 g/mol. The summed E-state index contributed by atoms with van der Waals surface area (Å²) in [6, 6.07) is 20.3. The van der Waals surface area contributed by atoms with Crippen molar-refractivity contribution in [1.82, 2.24) is 14.8 Å². The van der Waals surface area contributed by atoms with Gasteiger partial charge < -0.3 is 14.5 Å². The van der Waals surface area contributed by atoms with Crippen molar-refractivity contribution >= 4 is 39.9 Å². The molecule has 176 valence electrons. The molecule has 0 bridgehead atoms. The number of carbonyl (C=O) groups is 1. The summed E-state index contributed by atoms with van der Waals surface area (Å²) in [4.78, 5) is 24.4. The summed E-state index contributed by atoms with van der Waals surface area (Å²) in [5, 5.41) is 3.02. The maximum Gasteiger partial charge on any atom is 0.264 e. The van der Waals surface area contributed by atoms with E-state index < -0.39 is 0 Å². The Hall–Kier alpha value is -2.87. The molecule has 1 amide bonds. The van der Waals surface area contributed by atoms with Gasteiger partial charge in [0.1, 0.15) is 5.75 Å². The molecule has 0 unspecified atom stereocenters. The normalized spacial score (nSPS) is 11.2. The average Bonchev–Trinajstić information content (AvgIpc) is 3.40. The van der Waals surface area contributed by atoms with Gasteiger partial charge in [0.2, 0.25) is 0 Å². The highest BCUT2D eigenvalue weighted by atomic mass is 32.2. The number of hydrogen-bond donors (Lipinski definition) is 0. The highest BCUT2D eigenvalue weighted by molar-refractivity contribution is 7.98. The molecule has 0 fully saturated rings. The lowest BCUT2D eigenvalue weighted by Crippen LogP contribution is -2.36. The van der Waals surface area contributed by atoms with E-state index in [1.54, 1.807) is 18.9 Å². The number of likely N-dealkylation sites (N-methyl/N-ethyl adjacent to an activating group) is 1. The van der Waals surface area contributed by atoms with E-state index in [4.69, 9.17) is 9.72 Å². The summed E-state index contributed by atoms with van der Waals surface area (Å²) >= 11 is 3.18. The number of benzene rings is 2. The second-order valence-corrected chi connectivity index (χ2v) is 10.1. The van der Waals surface area contributed by atoms with Crippen LogP contribution in [0, 0.1) is 0 Å². The van der Waals surface area contributed by atoms with Gasteiger partial charge in [0.05, 0.1) is 23.2 Å². The van der Waals surface area contributed by atoms with Crippen molar-refractivity contribution in [3.05, 3.63) is 76.5 Å². The number of thiophene rings is 1. The molecule has 0 aliphatic carbocycles. The highest BCUT2D eigenvalue weighted by Gasteiger charge is 2.20. The van der Waals surface area contributed by atoms with Crippen LogP contribution in [0.25, 0.3) is 22.2 Å². The zero-order chi connectivity index (χ0) is 24.1. The number of ether oxygens (including phenoxy) is 1. The molecule has 0 saturated heterocycles. The Morgan fingerprint density at radius 1 is 1.06 bits per heavy atom. The Morgan fingerprint density at radius 3 is 2.50 bits per heavy atom. The van der Waals surface area contributed by atoms with Crippen molar-refractivity contribution in [3.8, 4) is 17.0 Å². The second kappa shape index (κ2) is 11.0. The summed E-state index contributed by atoms with van der Waals surface area (Å²) < 4.78 is 5.35. The first-order valence-electron chi connectivity index (χ1n) is 11.1. The Bertz CT molecular complexity index is 1260. The van der Waals surface area contributed by atoms with Gasteiger partial charge in [-0.25, -0.2) is 4.98 Å². The van der Waals surface area contributed by atoms with Crippen LogP contribution in [0.3, 0.4) is 0 Å². The van der Waals surface area contributed by atoms with Gasteiger partial charge in [-0.1, -0.05) is 12.1 Å². The molecule has 2 aromatic carbocycles. The van der Waals surface area contributed by atoms with Crippen LogP contribution in [0.2, 0.25) is 0 Å². The Morgan fingerprint density at radius 2 is 1.85 bits per heavy atom. The van der Waals surface area contributed by atoms with Crippen molar-refractivity contribution in [2.45, 2.75) is 11.4 Å². The Balaban J connectivity index is 1.79. The van der Waals surface area contributed by atoms with Crippen LogP contribution in [0.15, 0.2) is 70.9 Å². The quantitative estimate of drug-likeness (QED) is 0.273. The van der Waals surface area contributed by atoms with E-state index in [-0.39, 0.29) is 5.91 Å². The molecule has 0 atom stereocenters. The predicted octanol–water partition coefficient (Wildman–Crippen LogP) is 5.90. The van der Waals surface area contributed by atoms with Crippen LogP contribution in [0.5, 0.6) is 5.75 Å². The first-order chi connectivity index (χ1) is 16.5.